The van der Waals surface area contributed by atoms with Crippen LogP contribution in [0.15, 0.2) is 48.5 Å². The van der Waals surface area contributed by atoms with Crippen molar-refractivity contribution in [2.45, 2.75) is 39.0 Å². The highest BCUT2D eigenvalue weighted by molar-refractivity contribution is 5.65. The molecule has 1 aliphatic carbocycles. The third kappa shape index (κ3) is 4.10. The molecule has 2 aromatic rings. The van der Waals surface area contributed by atoms with Crippen LogP contribution in [0.1, 0.15) is 38.2 Å². The highest BCUT2D eigenvalue weighted by Crippen LogP contribution is 2.33. The van der Waals surface area contributed by atoms with Gasteiger partial charge in [-0.25, -0.2) is 0 Å². The molecule has 0 bridgehead atoms. The quantitative estimate of drug-likeness (QED) is 0.652. The number of hydrogen-bond donors (Lipinski definition) is 0. The fraction of sp³-hybridized carbons (Fsp3) is 0.400. The minimum atomic E-state index is 0.781. The third-order valence-corrected chi connectivity index (χ3v) is 4.13. The average Bonchev–Trinajstić information content (AvgIpc) is 3.36. The van der Waals surface area contributed by atoms with Gasteiger partial charge in [-0.15, -0.1) is 0 Å². The van der Waals surface area contributed by atoms with Crippen LogP contribution in [-0.2, 0) is 6.42 Å². The van der Waals surface area contributed by atoms with Crippen molar-refractivity contribution in [2.24, 2.45) is 5.92 Å². The number of rotatable bonds is 7. The minimum Gasteiger partial charge on any atom is -0.494 e. The molecule has 0 N–H and O–H groups in total. The van der Waals surface area contributed by atoms with E-state index >= 15 is 0 Å². The molecule has 0 aliphatic heterocycles. The summed E-state index contributed by atoms with van der Waals surface area (Å²) in [6, 6.07) is 17.4. The summed E-state index contributed by atoms with van der Waals surface area (Å²) < 4.78 is 5.71. The van der Waals surface area contributed by atoms with Gasteiger partial charge in [0.2, 0.25) is 0 Å². The largest absolute Gasteiger partial charge is 0.494 e. The fourth-order valence-corrected chi connectivity index (χ4v) is 2.63. The zero-order valence-electron chi connectivity index (χ0n) is 12.8. The van der Waals surface area contributed by atoms with Crippen molar-refractivity contribution >= 4 is 0 Å². The number of aryl methyl sites for hydroxylation is 1. The normalized spacial score (nSPS) is 14.1. The smallest absolute Gasteiger partial charge is 0.119 e. The van der Waals surface area contributed by atoms with Crippen LogP contribution < -0.4 is 4.74 Å². The van der Waals surface area contributed by atoms with Gasteiger partial charge in [0, 0.05) is 0 Å². The van der Waals surface area contributed by atoms with Gasteiger partial charge < -0.3 is 4.74 Å². The Labute approximate surface area is 128 Å². The van der Waals surface area contributed by atoms with Crippen molar-refractivity contribution in [3.63, 3.8) is 0 Å². The fourth-order valence-electron chi connectivity index (χ4n) is 2.63. The predicted molar refractivity (Wildman–Crippen MR) is 88.7 cm³/mol. The maximum atomic E-state index is 5.71. The molecule has 110 valence electrons. The number of ether oxygens (including phenoxy) is 1. The zero-order chi connectivity index (χ0) is 14.5. The van der Waals surface area contributed by atoms with Crippen LogP contribution >= 0.6 is 0 Å². The summed E-state index contributed by atoms with van der Waals surface area (Å²) in [6.45, 7) is 2.91. The van der Waals surface area contributed by atoms with Crippen LogP contribution in [0.2, 0.25) is 0 Å². The number of hydrogen-bond acceptors (Lipinski definition) is 1. The Morgan fingerprint density at radius 2 is 1.81 bits per heavy atom. The van der Waals surface area contributed by atoms with Crippen molar-refractivity contribution in [1.29, 1.82) is 0 Å². The van der Waals surface area contributed by atoms with E-state index < -0.39 is 0 Å². The molecule has 0 heterocycles. The second-order valence-electron chi connectivity index (χ2n) is 6.06. The second-order valence-corrected chi connectivity index (χ2v) is 6.06. The molecule has 21 heavy (non-hydrogen) atoms. The molecule has 1 saturated carbocycles. The van der Waals surface area contributed by atoms with Crippen LogP contribution in [0.4, 0.5) is 0 Å². The Kier molecular flexibility index (Phi) is 4.59. The van der Waals surface area contributed by atoms with Crippen molar-refractivity contribution in [3.05, 3.63) is 54.1 Å². The van der Waals surface area contributed by atoms with Gasteiger partial charge in [-0.05, 0) is 54.0 Å². The third-order valence-electron chi connectivity index (χ3n) is 4.13. The monoisotopic (exact) mass is 280 g/mol. The molecule has 1 heteroatoms. The van der Waals surface area contributed by atoms with E-state index in [9.17, 15) is 0 Å². The molecule has 0 atom stereocenters. The Morgan fingerprint density at radius 1 is 1.00 bits per heavy atom. The van der Waals surface area contributed by atoms with Gasteiger partial charge in [-0.3, -0.25) is 0 Å². The molecule has 1 aliphatic rings. The van der Waals surface area contributed by atoms with Crippen LogP contribution in [0, 0.1) is 5.92 Å². The lowest BCUT2D eigenvalue weighted by Gasteiger charge is -2.08. The van der Waals surface area contributed by atoms with E-state index in [-0.39, 0.29) is 0 Å². The maximum Gasteiger partial charge on any atom is 0.119 e. The Hall–Kier alpha value is -1.76. The summed E-state index contributed by atoms with van der Waals surface area (Å²) in [7, 11) is 0. The average molecular weight is 280 g/mol. The minimum absolute atomic E-state index is 0.781. The molecular weight excluding hydrogens is 256 g/mol. The second kappa shape index (κ2) is 6.80. The Bertz CT molecular complexity index is 567. The zero-order valence-corrected chi connectivity index (χ0v) is 12.8. The Balaban J connectivity index is 1.67. The Morgan fingerprint density at radius 3 is 2.52 bits per heavy atom. The first-order valence-corrected chi connectivity index (χ1v) is 8.17. The molecular formula is C20H24O. The lowest BCUT2D eigenvalue weighted by molar-refractivity contribution is 0.317. The van der Waals surface area contributed by atoms with Crippen molar-refractivity contribution < 1.29 is 4.74 Å². The molecule has 0 saturated heterocycles. The molecule has 0 amide bonds. The van der Waals surface area contributed by atoms with Crippen LogP contribution in [-0.4, -0.2) is 6.61 Å². The molecule has 0 spiro atoms. The summed E-state index contributed by atoms with van der Waals surface area (Å²) >= 11 is 0. The molecule has 3 rings (SSSR count). The predicted octanol–water partition coefficient (Wildman–Crippen LogP) is 5.49. The molecule has 0 radical (unpaired) electrons. The lowest BCUT2D eigenvalue weighted by atomic mass is 10.0. The van der Waals surface area contributed by atoms with E-state index in [1.807, 2.05) is 6.07 Å². The van der Waals surface area contributed by atoms with Gasteiger partial charge in [0.1, 0.15) is 5.75 Å². The molecule has 2 aromatic carbocycles. The van der Waals surface area contributed by atoms with Gasteiger partial charge in [0.25, 0.3) is 0 Å². The molecule has 1 nitrogen and oxygen atoms in total. The van der Waals surface area contributed by atoms with Crippen LogP contribution in [0.5, 0.6) is 5.75 Å². The summed E-state index contributed by atoms with van der Waals surface area (Å²) in [5.74, 6) is 1.98. The van der Waals surface area contributed by atoms with Crippen LogP contribution in [0.3, 0.4) is 0 Å². The van der Waals surface area contributed by atoms with Crippen molar-refractivity contribution in [2.75, 3.05) is 6.61 Å². The van der Waals surface area contributed by atoms with Gasteiger partial charge in [-0.2, -0.15) is 0 Å². The summed E-state index contributed by atoms with van der Waals surface area (Å²) in [5, 5.41) is 0. The van der Waals surface area contributed by atoms with Crippen molar-refractivity contribution in [3.8, 4) is 16.9 Å². The maximum absolute atomic E-state index is 5.71. The first kappa shape index (κ1) is 14.2. The molecule has 0 aromatic heterocycles. The van der Waals surface area contributed by atoms with E-state index in [1.165, 1.54) is 42.4 Å². The van der Waals surface area contributed by atoms with Gasteiger partial charge in [-0.1, -0.05) is 56.2 Å². The topological polar surface area (TPSA) is 9.23 Å². The highest BCUT2D eigenvalue weighted by Gasteiger charge is 2.20. The molecule has 1 fully saturated rings. The first-order valence-electron chi connectivity index (χ1n) is 8.17. The van der Waals surface area contributed by atoms with E-state index in [1.54, 1.807) is 0 Å². The lowest BCUT2D eigenvalue weighted by Crippen LogP contribution is -1.94. The standard InChI is InChI=1S/C20H24O/c1-2-14-21-20-5-3-4-19(15-20)18-12-10-17(11-13-18)9-8-16-6-7-16/h3-5,10-13,15-16H,2,6-9,14H2,1H3. The summed E-state index contributed by atoms with van der Waals surface area (Å²) in [4.78, 5) is 0. The van der Waals surface area contributed by atoms with E-state index in [0.717, 1.165) is 24.7 Å². The van der Waals surface area contributed by atoms with E-state index in [4.69, 9.17) is 4.74 Å². The van der Waals surface area contributed by atoms with Gasteiger partial charge >= 0.3 is 0 Å². The highest BCUT2D eigenvalue weighted by atomic mass is 16.5. The SMILES string of the molecule is CCCOc1cccc(-c2ccc(CCC3CC3)cc2)c1. The summed E-state index contributed by atoms with van der Waals surface area (Å²) in [5.41, 5.74) is 3.97. The summed E-state index contributed by atoms with van der Waals surface area (Å²) in [6.07, 6.45) is 6.52. The van der Waals surface area contributed by atoms with Crippen LogP contribution in [0.25, 0.3) is 11.1 Å². The molecule has 0 unspecified atom stereocenters. The first-order chi connectivity index (χ1) is 10.3. The number of benzene rings is 2. The van der Waals surface area contributed by atoms with Crippen molar-refractivity contribution in [1.82, 2.24) is 0 Å². The van der Waals surface area contributed by atoms with Gasteiger partial charge in [0.15, 0.2) is 0 Å². The van der Waals surface area contributed by atoms with E-state index in [2.05, 4.69) is 49.4 Å². The van der Waals surface area contributed by atoms with E-state index in [0.29, 0.717) is 0 Å². The van der Waals surface area contributed by atoms with Gasteiger partial charge in [0.05, 0.1) is 6.61 Å².